The lowest BCUT2D eigenvalue weighted by atomic mass is 10.2. The Morgan fingerprint density at radius 2 is 1.73 bits per heavy atom. The summed E-state index contributed by atoms with van der Waals surface area (Å²) in [6, 6.07) is 13.5. The third-order valence-electron chi connectivity index (χ3n) is 1.60. The SMILES string of the molecule is Cc1ccccc1.O.O=Cc1ccco1. The van der Waals surface area contributed by atoms with Crippen molar-refractivity contribution in [2.24, 2.45) is 0 Å². The molecule has 0 aliphatic carbocycles. The molecule has 3 nitrogen and oxygen atoms in total. The number of rotatable bonds is 1. The van der Waals surface area contributed by atoms with E-state index in [0.717, 1.165) is 0 Å². The van der Waals surface area contributed by atoms with Crippen LogP contribution in [0.1, 0.15) is 16.1 Å². The predicted molar refractivity (Wildman–Crippen MR) is 58.9 cm³/mol. The summed E-state index contributed by atoms with van der Waals surface area (Å²) in [4.78, 5) is 9.77. The van der Waals surface area contributed by atoms with Crippen LogP contribution < -0.4 is 0 Å². The molecule has 2 aromatic rings. The maximum atomic E-state index is 9.77. The van der Waals surface area contributed by atoms with Crippen LogP contribution in [0.3, 0.4) is 0 Å². The summed E-state index contributed by atoms with van der Waals surface area (Å²) in [6.45, 7) is 2.08. The topological polar surface area (TPSA) is 61.7 Å². The van der Waals surface area contributed by atoms with Gasteiger partial charge in [-0.15, -0.1) is 0 Å². The van der Waals surface area contributed by atoms with E-state index in [1.54, 1.807) is 12.1 Å². The molecule has 2 N–H and O–H groups in total. The number of aryl methyl sites for hydroxylation is 1. The van der Waals surface area contributed by atoms with Crippen molar-refractivity contribution in [2.45, 2.75) is 6.92 Å². The van der Waals surface area contributed by atoms with Crippen LogP contribution in [0.15, 0.2) is 53.1 Å². The van der Waals surface area contributed by atoms with Gasteiger partial charge in [-0.1, -0.05) is 35.9 Å². The van der Waals surface area contributed by atoms with E-state index in [-0.39, 0.29) is 5.48 Å². The van der Waals surface area contributed by atoms with E-state index in [1.165, 1.54) is 11.8 Å². The molecule has 0 amide bonds. The van der Waals surface area contributed by atoms with Crippen molar-refractivity contribution < 1.29 is 14.7 Å². The summed E-state index contributed by atoms with van der Waals surface area (Å²) in [7, 11) is 0. The summed E-state index contributed by atoms with van der Waals surface area (Å²) < 4.78 is 4.61. The van der Waals surface area contributed by atoms with E-state index in [9.17, 15) is 4.79 Å². The van der Waals surface area contributed by atoms with Crippen LogP contribution in [-0.4, -0.2) is 11.8 Å². The van der Waals surface area contributed by atoms with Crippen LogP contribution in [0.4, 0.5) is 0 Å². The van der Waals surface area contributed by atoms with Gasteiger partial charge in [-0.05, 0) is 19.1 Å². The van der Waals surface area contributed by atoms with Gasteiger partial charge >= 0.3 is 0 Å². The molecule has 0 atom stereocenters. The molecule has 0 saturated carbocycles. The van der Waals surface area contributed by atoms with Crippen molar-refractivity contribution in [1.82, 2.24) is 0 Å². The molecule has 0 spiro atoms. The molecule has 0 radical (unpaired) electrons. The largest absolute Gasteiger partial charge is 0.462 e. The van der Waals surface area contributed by atoms with Gasteiger partial charge in [0.1, 0.15) is 0 Å². The highest BCUT2D eigenvalue weighted by molar-refractivity contribution is 5.69. The average Bonchev–Trinajstić information content (AvgIpc) is 2.72. The number of hydrogen-bond acceptors (Lipinski definition) is 2. The van der Waals surface area contributed by atoms with Crippen molar-refractivity contribution in [3.63, 3.8) is 0 Å². The Hall–Kier alpha value is -1.87. The Morgan fingerprint density at radius 1 is 1.07 bits per heavy atom. The molecular formula is C12H14O3. The normalized spacial score (nSPS) is 8.07. The lowest BCUT2D eigenvalue weighted by Gasteiger charge is -1.82. The number of furan rings is 1. The maximum absolute atomic E-state index is 9.77. The first-order valence-corrected chi connectivity index (χ1v) is 4.33. The second kappa shape index (κ2) is 7.53. The molecule has 3 heteroatoms. The summed E-state index contributed by atoms with van der Waals surface area (Å²) in [5.41, 5.74) is 1.32. The molecule has 0 aliphatic heterocycles. The van der Waals surface area contributed by atoms with Gasteiger partial charge in [0, 0.05) is 0 Å². The fraction of sp³-hybridized carbons (Fsp3) is 0.0833. The predicted octanol–water partition coefficient (Wildman–Crippen LogP) is 2.26. The van der Waals surface area contributed by atoms with Gasteiger partial charge in [0.15, 0.2) is 12.0 Å². The van der Waals surface area contributed by atoms with E-state index in [1.807, 2.05) is 18.2 Å². The molecule has 1 aromatic carbocycles. The van der Waals surface area contributed by atoms with Crippen molar-refractivity contribution >= 4 is 6.29 Å². The maximum Gasteiger partial charge on any atom is 0.185 e. The molecule has 1 aromatic heterocycles. The second-order valence-corrected chi connectivity index (χ2v) is 2.79. The minimum Gasteiger partial charge on any atom is -0.462 e. The van der Waals surface area contributed by atoms with Crippen molar-refractivity contribution in [2.75, 3.05) is 0 Å². The van der Waals surface area contributed by atoms with Gasteiger partial charge in [0.25, 0.3) is 0 Å². The third kappa shape index (κ3) is 5.44. The molecule has 0 aliphatic rings. The monoisotopic (exact) mass is 206 g/mol. The molecule has 2 rings (SSSR count). The number of aldehydes is 1. The van der Waals surface area contributed by atoms with Crippen LogP contribution in [0, 0.1) is 6.92 Å². The molecule has 0 fully saturated rings. The van der Waals surface area contributed by atoms with Gasteiger partial charge in [-0.2, -0.15) is 0 Å². The highest BCUT2D eigenvalue weighted by atomic mass is 16.3. The molecule has 15 heavy (non-hydrogen) atoms. The van der Waals surface area contributed by atoms with Crippen LogP contribution in [0.2, 0.25) is 0 Å². The Balaban J connectivity index is 0.000000245. The Labute approximate surface area is 88.7 Å². The number of benzene rings is 1. The van der Waals surface area contributed by atoms with Gasteiger partial charge in [0.2, 0.25) is 0 Å². The first-order valence-electron chi connectivity index (χ1n) is 4.33. The Morgan fingerprint density at radius 3 is 2.00 bits per heavy atom. The van der Waals surface area contributed by atoms with Crippen LogP contribution in [0.5, 0.6) is 0 Å². The van der Waals surface area contributed by atoms with Crippen LogP contribution in [0.25, 0.3) is 0 Å². The fourth-order valence-electron chi connectivity index (χ4n) is 0.893. The minimum atomic E-state index is 0. The summed E-state index contributed by atoms with van der Waals surface area (Å²) in [6.07, 6.45) is 2.13. The first kappa shape index (κ1) is 13.1. The zero-order valence-corrected chi connectivity index (χ0v) is 8.51. The highest BCUT2D eigenvalue weighted by Gasteiger charge is 1.84. The number of hydrogen-bond donors (Lipinski definition) is 0. The third-order valence-corrected chi connectivity index (χ3v) is 1.60. The van der Waals surface area contributed by atoms with Crippen LogP contribution in [-0.2, 0) is 0 Å². The quantitative estimate of drug-likeness (QED) is 0.672. The molecule has 0 unspecified atom stereocenters. The molecule has 0 saturated heterocycles. The van der Waals surface area contributed by atoms with E-state index in [2.05, 4.69) is 23.5 Å². The fourth-order valence-corrected chi connectivity index (χ4v) is 0.893. The van der Waals surface area contributed by atoms with E-state index in [0.29, 0.717) is 12.0 Å². The highest BCUT2D eigenvalue weighted by Crippen LogP contribution is 1.93. The Bertz CT molecular complexity index is 352. The summed E-state index contributed by atoms with van der Waals surface area (Å²) in [5, 5.41) is 0. The van der Waals surface area contributed by atoms with Crippen molar-refractivity contribution in [1.29, 1.82) is 0 Å². The second-order valence-electron chi connectivity index (χ2n) is 2.79. The minimum absolute atomic E-state index is 0. The summed E-state index contributed by atoms with van der Waals surface area (Å²) >= 11 is 0. The standard InChI is InChI=1S/C7H8.C5H4O2.H2O/c1-7-5-3-2-4-6-7;6-4-5-2-1-3-7-5;/h2-6H,1H3;1-4H;1H2. The molecule has 1 heterocycles. The number of carbonyl (C=O) groups is 1. The Kier molecular flexibility index (Phi) is 6.59. The van der Waals surface area contributed by atoms with Crippen LogP contribution >= 0.6 is 0 Å². The van der Waals surface area contributed by atoms with E-state index < -0.39 is 0 Å². The van der Waals surface area contributed by atoms with Gasteiger partial charge in [0.05, 0.1) is 6.26 Å². The van der Waals surface area contributed by atoms with Gasteiger partial charge in [-0.3, -0.25) is 4.79 Å². The van der Waals surface area contributed by atoms with E-state index >= 15 is 0 Å². The first-order chi connectivity index (χ1) is 6.83. The van der Waals surface area contributed by atoms with Crippen molar-refractivity contribution in [3.05, 3.63) is 60.1 Å². The smallest absolute Gasteiger partial charge is 0.185 e. The molecule has 0 bridgehead atoms. The van der Waals surface area contributed by atoms with Gasteiger partial charge in [-0.25, -0.2) is 0 Å². The lowest BCUT2D eigenvalue weighted by molar-refractivity contribution is 0.110. The number of carbonyl (C=O) groups excluding carboxylic acids is 1. The zero-order chi connectivity index (χ0) is 10.2. The molecule has 80 valence electrons. The van der Waals surface area contributed by atoms with Crippen molar-refractivity contribution in [3.8, 4) is 0 Å². The summed E-state index contributed by atoms with van der Waals surface area (Å²) in [5.74, 6) is 0.375. The van der Waals surface area contributed by atoms with E-state index in [4.69, 9.17) is 0 Å². The zero-order valence-electron chi connectivity index (χ0n) is 8.51. The average molecular weight is 206 g/mol. The lowest BCUT2D eigenvalue weighted by Crippen LogP contribution is -1.65. The molecular weight excluding hydrogens is 192 g/mol. The van der Waals surface area contributed by atoms with Gasteiger partial charge < -0.3 is 9.89 Å².